The van der Waals surface area contributed by atoms with Crippen LogP contribution < -0.4 is 11.3 Å². The zero-order valence-corrected chi connectivity index (χ0v) is 10.7. The minimum absolute atomic E-state index is 0.114. The summed E-state index contributed by atoms with van der Waals surface area (Å²) in [5, 5.41) is 0.889. The summed E-state index contributed by atoms with van der Waals surface area (Å²) in [6, 6.07) is 0. The quantitative estimate of drug-likeness (QED) is 0.376. The molecule has 0 saturated carbocycles. The summed E-state index contributed by atoms with van der Waals surface area (Å²) in [6.45, 7) is 6.38. The number of nitrogens with two attached hydrogens (primary N) is 1. The Kier molecular flexibility index (Phi) is 3.74. The van der Waals surface area contributed by atoms with Crippen LogP contribution in [0.1, 0.15) is 20.8 Å². The zero-order valence-electron chi connectivity index (χ0n) is 8.34. The van der Waals surface area contributed by atoms with Gasteiger partial charge in [-0.05, 0) is 15.9 Å². The van der Waals surface area contributed by atoms with Crippen LogP contribution in [0.15, 0.2) is 15.8 Å². The molecule has 78 valence electrons. The summed E-state index contributed by atoms with van der Waals surface area (Å²) in [7, 11) is 0. The first-order chi connectivity index (χ1) is 6.44. The summed E-state index contributed by atoms with van der Waals surface area (Å²) < 4.78 is 0.922. The molecule has 0 fully saturated rings. The van der Waals surface area contributed by atoms with Gasteiger partial charge in [0.05, 0.1) is 4.47 Å². The van der Waals surface area contributed by atoms with Gasteiger partial charge in [0.1, 0.15) is 11.4 Å². The molecule has 0 amide bonds. The van der Waals surface area contributed by atoms with E-state index >= 15 is 0 Å². The van der Waals surface area contributed by atoms with Gasteiger partial charge in [-0.3, -0.25) is 0 Å². The van der Waals surface area contributed by atoms with Gasteiger partial charge in [-0.2, -0.15) is 0 Å². The SMILES string of the molecule is CC(C)(C)Sc1ncnc(NN)c1Br. The molecule has 1 aromatic heterocycles. The normalized spacial score (nSPS) is 11.5. The minimum Gasteiger partial charge on any atom is -0.307 e. The number of rotatable bonds is 2. The second-order valence-electron chi connectivity index (χ2n) is 3.70. The van der Waals surface area contributed by atoms with Crippen LogP contribution in [0, 0.1) is 0 Å². The molecule has 4 nitrogen and oxygen atoms in total. The Labute approximate surface area is 96.2 Å². The Bertz CT molecular complexity index is 324. The van der Waals surface area contributed by atoms with E-state index in [1.165, 1.54) is 6.33 Å². The molecule has 0 aliphatic heterocycles. The molecule has 0 aromatic carbocycles. The molecule has 0 saturated heterocycles. The van der Waals surface area contributed by atoms with Crippen LogP contribution in [-0.2, 0) is 0 Å². The number of halogens is 1. The summed E-state index contributed by atoms with van der Waals surface area (Å²) in [5.41, 5.74) is 2.51. The van der Waals surface area contributed by atoms with E-state index in [0.29, 0.717) is 5.82 Å². The monoisotopic (exact) mass is 276 g/mol. The number of thioether (sulfide) groups is 1. The van der Waals surface area contributed by atoms with Gasteiger partial charge in [0, 0.05) is 4.75 Å². The molecular weight excluding hydrogens is 264 g/mol. The summed E-state index contributed by atoms with van der Waals surface area (Å²) in [4.78, 5) is 8.16. The Hall–Kier alpha value is -0.330. The van der Waals surface area contributed by atoms with Crippen LogP contribution in [-0.4, -0.2) is 14.7 Å². The third-order valence-corrected chi connectivity index (χ3v) is 3.43. The average Bonchev–Trinajstić information content (AvgIpc) is 2.06. The first kappa shape index (κ1) is 11.7. The van der Waals surface area contributed by atoms with E-state index in [9.17, 15) is 0 Å². The standard InChI is InChI=1S/C8H13BrN4S/c1-8(2,3)14-7-5(9)6(13-10)11-4-12-7/h4H,10H2,1-3H3,(H,11,12,13). The second kappa shape index (κ2) is 4.46. The van der Waals surface area contributed by atoms with Gasteiger partial charge >= 0.3 is 0 Å². The lowest BCUT2D eigenvalue weighted by Crippen LogP contribution is -2.12. The molecule has 0 aliphatic carbocycles. The first-order valence-electron chi connectivity index (χ1n) is 4.10. The van der Waals surface area contributed by atoms with E-state index in [4.69, 9.17) is 5.84 Å². The summed E-state index contributed by atoms with van der Waals surface area (Å²) in [5.74, 6) is 5.91. The maximum atomic E-state index is 5.30. The highest BCUT2D eigenvalue weighted by atomic mass is 79.9. The largest absolute Gasteiger partial charge is 0.307 e. The van der Waals surface area contributed by atoms with Crippen molar-refractivity contribution >= 4 is 33.5 Å². The van der Waals surface area contributed by atoms with Crippen molar-refractivity contribution < 1.29 is 0 Å². The van der Waals surface area contributed by atoms with Gasteiger partial charge in [-0.25, -0.2) is 15.8 Å². The lowest BCUT2D eigenvalue weighted by atomic mass is 10.3. The maximum absolute atomic E-state index is 5.30. The fourth-order valence-corrected chi connectivity index (χ4v) is 2.24. The van der Waals surface area contributed by atoms with Crippen molar-refractivity contribution in [1.29, 1.82) is 0 Å². The molecule has 1 rings (SSSR count). The van der Waals surface area contributed by atoms with Crippen molar-refractivity contribution in [2.75, 3.05) is 5.43 Å². The molecule has 0 atom stereocenters. The first-order valence-corrected chi connectivity index (χ1v) is 5.71. The van der Waals surface area contributed by atoms with Crippen LogP contribution in [0.2, 0.25) is 0 Å². The minimum atomic E-state index is 0.114. The number of hydrazine groups is 1. The smallest absolute Gasteiger partial charge is 0.158 e. The second-order valence-corrected chi connectivity index (χ2v) is 6.31. The van der Waals surface area contributed by atoms with Crippen LogP contribution >= 0.6 is 27.7 Å². The third kappa shape index (κ3) is 3.11. The van der Waals surface area contributed by atoms with Crippen molar-refractivity contribution in [3.05, 3.63) is 10.8 Å². The Morgan fingerprint density at radius 2 is 2.07 bits per heavy atom. The summed E-state index contributed by atoms with van der Waals surface area (Å²) in [6.07, 6.45) is 1.49. The molecule has 14 heavy (non-hydrogen) atoms. The molecule has 0 aliphatic rings. The lowest BCUT2D eigenvalue weighted by Gasteiger charge is -2.17. The fraction of sp³-hybridized carbons (Fsp3) is 0.500. The maximum Gasteiger partial charge on any atom is 0.158 e. The molecule has 0 bridgehead atoms. The highest BCUT2D eigenvalue weighted by Gasteiger charge is 2.17. The number of aromatic nitrogens is 2. The molecular formula is C8H13BrN4S. The Morgan fingerprint density at radius 1 is 1.43 bits per heavy atom. The van der Waals surface area contributed by atoms with Crippen LogP contribution in [0.4, 0.5) is 5.82 Å². The van der Waals surface area contributed by atoms with Crippen molar-refractivity contribution in [2.24, 2.45) is 5.84 Å². The molecule has 1 aromatic rings. The molecule has 6 heteroatoms. The molecule has 0 unspecified atom stereocenters. The lowest BCUT2D eigenvalue weighted by molar-refractivity contribution is 0.797. The highest BCUT2D eigenvalue weighted by molar-refractivity contribution is 9.10. The van der Waals surface area contributed by atoms with Crippen molar-refractivity contribution in [3.8, 4) is 0 Å². The van der Waals surface area contributed by atoms with Gasteiger partial charge in [0.25, 0.3) is 0 Å². The van der Waals surface area contributed by atoms with Crippen molar-refractivity contribution in [1.82, 2.24) is 9.97 Å². The van der Waals surface area contributed by atoms with Gasteiger partial charge < -0.3 is 5.43 Å². The van der Waals surface area contributed by atoms with Gasteiger partial charge in [0.15, 0.2) is 5.82 Å². The number of nitrogen functional groups attached to an aromatic ring is 1. The molecule has 0 radical (unpaired) electrons. The number of hydrogen-bond donors (Lipinski definition) is 2. The third-order valence-electron chi connectivity index (χ3n) is 1.30. The van der Waals surface area contributed by atoms with E-state index in [0.717, 1.165) is 9.50 Å². The molecule has 1 heterocycles. The topological polar surface area (TPSA) is 63.8 Å². The number of nitrogens with one attached hydrogen (secondary N) is 1. The predicted octanol–water partition coefficient (Wildman–Crippen LogP) is 2.42. The predicted molar refractivity (Wildman–Crippen MR) is 63.2 cm³/mol. The number of hydrogen-bond acceptors (Lipinski definition) is 5. The van der Waals surface area contributed by atoms with Crippen LogP contribution in [0.3, 0.4) is 0 Å². The highest BCUT2D eigenvalue weighted by Crippen LogP contribution is 2.36. The van der Waals surface area contributed by atoms with E-state index in [2.05, 4.69) is 52.1 Å². The molecule has 0 spiro atoms. The van der Waals surface area contributed by atoms with E-state index in [1.807, 2.05) is 0 Å². The summed E-state index contributed by atoms with van der Waals surface area (Å²) >= 11 is 5.07. The number of nitrogens with zero attached hydrogens (tertiary/aromatic N) is 2. The number of anilines is 1. The van der Waals surface area contributed by atoms with Crippen LogP contribution in [0.25, 0.3) is 0 Å². The fourth-order valence-electron chi connectivity index (χ4n) is 0.815. The van der Waals surface area contributed by atoms with Gasteiger partial charge in [-0.1, -0.05) is 32.5 Å². The van der Waals surface area contributed by atoms with Crippen LogP contribution in [0.5, 0.6) is 0 Å². The van der Waals surface area contributed by atoms with E-state index in [-0.39, 0.29) is 4.75 Å². The Balaban J connectivity index is 2.98. The van der Waals surface area contributed by atoms with Crippen molar-refractivity contribution in [2.45, 2.75) is 30.5 Å². The van der Waals surface area contributed by atoms with E-state index < -0.39 is 0 Å². The average molecular weight is 277 g/mol. The molecule has 3 N–H and O–H groups in total. The van der Waals surface area contributed by atoms with Crippen molar-refractivity contribution in [3.63, 3.8) is 0 Å². The Morgan fingerprint density at radius 3 is 2.57 bits per heavy atom. The van der Waals surface area contributed by atoms with E-state index in [1.54, 1.807) is 11.8 Å². The van der Waals surface area contributed by atoms with Gasteiger partial charge in [-0.15, -0.1) is 0 Å². The zero-order chi connectivity index (χ0) is 10.8. The van der Waals surface area contributed by atoms with Gasteiger partial charge in [0.2, 0.25) is 0 Å².